The Hall–Kier alpha value is 0.402. The van der Waals surface area contributed by atoms with Gasteiger partial charge in [-0.2, -0.15) is 6.92 Å². The second-order valence-corrected chi connectivity index (χ2v) is 0.354. The van der Waals surface area contributed by atoms with Crippen LogP contribution in [0.25, 0.3) is 0 Å². The van der Waals surface area contributed by atoms with Crippen molar-refractivity contribution in [2.45, 2.75) is 6.92 Å². The van der Waals surface area contributed by atoms with Crippen LogP contribution in [0, 0.1) is 6.08 Å². The molecule has 0 aromatic rings. The summed E-state index contributed by atoms with van der Waals surface area (Å²) in [6.07, 6.45) is 2.50. The van der Waals surface area contributed by atoms with Crippen molar-refractivity contribution in [3.63, 3.8) is 0 Å². The Bertz CT molecular complexity index is 10.8. The molecule has 1 radical (unpaired) electrons. The summed E-state index contributed by atoms with van der Waals surface area (Å²) < 4.78 is 0. The van der Waals surface area contributed by atoms with Crippen molar-refractivity contribution in [1.29, 1.82) is 0 Å². The summed E-state index contributed by atoms with van der Waals surface area (Å²) in [5, 5.41) is 0. The van der Waals surface area contributed by atoms with Gasteiger partial charge in [-0.25, -0.2) is 0 Å². The van der Waals surface area contributed by atoms with Crippen molar-refractivity contribution in [2.75, 3.05) is 0 Å². The zero-order chi connectivity index (χ0) is 2.71. The van der Waals surface area contributed by atoms with E-state index in [-0.39, 0.29) is 20.4 Å². The summed E-state index contributed by atoms with van der Waals surface area (Å²) >= 11 is 0. The first kappa shape index (κ1) is 8.83. The number of allylic oxidation sites excluding steroid dienone is 1. The molecule has 0 unspecified atom stereocenters. The summed E-state index contributed by atoms with van der Waals surface area (Å²) in [5.41, 5.74) is 0. The first-order chi connectivity index (χ1) is 1.41. The van der Waals surface area contributed by atoms with Gasteiger partial charge in [0, 0.05) is 20.4 Å². The average Bonchev–Trinajstić information content (AvgIpc) is 0.918. The van der Waals surface area contributed by atoms with E-state index in [1.54, 1.807) is 6.92 Å². The minimum atomic E-state index is 0. The van der Waals surface area contributed by atoms with Crippen LogP contribution in [0.3, 0.4) is 0 Å². The van der Waals surface area contributed by atoms with Gasteiger partial charge in [0.15, 0.2) is 0 Å². The molecule has 0 aliphatic heterocycles. The van der Waals surface area contributed by atoms with Crippen molar-refractivity contribution in [3.05, 3.63) is 12.7 Å². The molecule has 0 aliphatic rings. The van der Waals surface area contributed by atoms with Crippen LogP contribution >= 0.6 is 0 Å². The molecular weight excluding hydrogens is 222 g/mol. The molecule has 25 valence electrons. The third-order valence-electron chi connectivity index (χ3n) is 0. The molecule has 0 fully saturated rings. The molecule has 0 amide bonds. The van der Waals surface area contributed by atoms with Gasteiger partial charge in [0.25, 0.3) is 0 Å². The van der Waals surface area contributed by atoms with Gasteiger partial charge in [0.05, 0.1) is 0 Å². The van der Waals surface area contributed by atoms with Gasteiger partial charge in [0.1, 0.15) is 0 Å². The Morgan fingerprint density at radius 1 is 1.75 bits per heavy atom. The third-order valence-corrected chi connectivity index (χ3v) is 0. The quantitative estimate of drug-likeness (QED) is 0.541. The summed E-state index contributed by atoms with van der Waals surface area (Å²) in [4.78, 5) is 0. The number of hydrogen-bond acceptors (Lipinski definition) is 0. The monoisotopic (exact) mass is 228 g/mol. The second-order valence-electron chi connectivity index (χ2n) is 0.354. The van der Waals surface area contributed by atoms with E-state index in [4.69, 9.17) is 0 Å². The molecule has 0 aliphatic carbocycles. The topological polar surface area (TPSA) is 0 Å². The van der Waals surface area contributed by atoms with Crippen molar-refractivity contribution in [2.24, 2.45) is 0 Å². The fraction of sp³-hybridized carbons (Fsp3) is 0.333. The number of rotatable bonds is 0. The predicted molar refractivity (Wildman–Crippen MR) is 14.5 cm³/mol. The Morgan fingerprint density at radius 3 is 1.75 bits per heavy atom. The van der Waals surface area contributed by atoms with E-state index in [1.807, 2.05) is 0 Å². The zero-order valence-electron chi connectivity index (χ0n) is 2.59. The van der Waals surface area contributed by atoms with Crippen molar-refractivity contribution in [1.82, 2.24) is 0 Å². The Balaban J connectivity index is 0. The summed E-state index contributed by atoms with van der Waals surface area (Å²) in [7, 11) is 0. The van der Waals surface area contributed by atoms with Crippen LogP contribution < -0.4 is 0 Å². The molecule has 0 aromatic heterocycles. The molecule has 0 aromatic carbocycles. The van der Waals surface area contributed by atoms with Crippen molar-refractivity contribution in [3.8, 4) is 0 Å². The van der Waals surface area contributed by atoms with Gasteiger partial charge in [-0.05, 0) is 0 Å². The van der Waals surface area contributed by atoms with Crippen molar-refractivity contribution < 1.29 is 20.4 Å². The maximum absolute atomic E-state index is 3.24. The van der Waals surface area contributed by atoms with Crippen LogP contribution in [0.5, 0.6) is 0 Å². The molecule has 4 heavy (non-hydrogen) atoms. The molecule has 0 saturated carbocycles. The molecule has 0 spiro atoms. The van der Waals surface area contributed by atoms with E-state index in [0.29, 0.717) is 0 Å². The second kappa shape index (κ2) is 9.98. The van der Waals surface area contributed by atoms with Crippen LogP contribution in [0.15, 0.2) is 6.58 Å². The predicted octanol–water partition coefficient (Wildman–Crippen LogP) is 0.993. The van der Waals surface area contributed by atoms with E-state index in [2.05, 4.69) is 12.7 Å². The minimum Gasteiger partial charge on any atom is -0.507 e. The van der Waals surface area contributed by atoms with Crippen LogP contribution in [0.1, 0.15) is 6.92 Å². The van der Waals surface area contributed by atoms with Gasteiger partial charge in [-0.1, -0.05) is 0 Å². The fourth-order valence-electron chi connectivity index (χ4n) is 0. The standard InChI is InChI=1S/C3H5.Re/c1-3-2;/h1H2,2H3;/q-1;. The van der Waals surface area contributed by atoms with E-state index < -0.39 is 0 Å². The van der Waals surface area contributed by atoms with Crippen LogP contribution in [-0.4, -0.2) is 0 Å². The Morgan fingerprint density at radius 2 is 1.75 bits per heavy atom. The van der Waals surface area contributed by atoms with Crippen molar-refractivity contribution >= 4 is 0 Å². The molecule has 0 N–H and O–H groups in total. The molecule has 0 nitrogen and oxygen atoms in total. The summed E-state index contributed by atoms with van der Waals surface area (Å²) in [5.74, 6) is 0. The maximum atomic E-state index is 3.24. The summed E-state index contributed by atoms with van der Waals surface area (Å²) in [6.45, 7) is 5.00. The largest absolute Gasteiger partial charge is 0.507 e. The van der Waals surface area contributed by atoms with E-state index in [1.165, 1.54) is 0 Å². The normalized spacial score (nSPS) is 3.25. The average molecular weight is 227 g/mol. The van der Waals surface area contributed by atoms with Gasteiger partial charge in [0.2, 0.25) is 0 Å². The molecule has 0 saturated heterocycles. The van der Waals surface area contributed by atoms with Gasteiger partial charge >= 0.3 is 0 Å². The first-order valence-electron chi connectivity index (χ1n) is 0.854. The van der Waals surface area contributed by atoms with Gasteiger partial charge in [-0.3, -0.25) is 6.58 Å². The van der Waals surface area contributed by atoms with Crippen LogP contribution in [0.4, 0.5) is 0 Å². The molecule has 0 rings (SSSR count). The molecule has 1 heteroatoms. The molecule has 0 atom stereocenters. The summed E-state index contributed by atoms with van der Waals surface area (Å²) in [6, 6.07) is 0. The SMILES string of the molecule is C=[C-]C.[Re]. The van der Waals surface area contributed by atoms with Crippen LogP contribution in [-0.2, 0) is 20.4 Å². The van der Waals surface area contributed by atoms with E-state index >= 15 is 0 Å². The maximum Gasteiger partial charge on any atom is 0 e. The first-order valence-corrected chi connectivity index (χ1v) is 0.854. The zero-order valence-corrected chi connectivity index (χ0v) is 5.30. The third kappa shape index (κ3) is 29.2. The minimum absolute atomic E-state index is 0. The van der Waals surface area contributed by atoms with E-state index in [0.717, 1.165) is 0 Å². The fourth-order valence-corrected chi connectivity index (χ4v) is 0. The number of hydrogen-bond donors (Lipinski definition) is 0. The molecular formula is C3H5Re-. The molecule has 0 bridgehead atoms. The van der Waals surface area contributed by atoms with Crippen LogP contribution in [0.2, 0.25) is 0 Å². The Kier molecular flexibility index (Phi) is 22.0. The van der Waals surface area contributed by atoms with E-state index in [9.17, 15) is 0 Å². The van der Waals surface area contributed by atoms with Gasteiger partial charge in [-0.15, -0.1) is 0 Å². The molecule has 0 heterocycles. The van der Waals surface area contributed by atoms with Gasteiger partial charge < -0.3 is 6.08 Å². The smallest absolute Gasteiger partial charge is 0 e. The Labute approximate surface area is 40.6 Å².